The van der Waals surface area contributed by atoms with Crippen LogP contribution in [0, 0.1) is 11.2 Å². The molecular formula is C23H23BrClFN6O2. The molecule has 2 N–H and O–H groups in total. The Morgan fingerprint density at radius 1 is 1.09 bits per heavy atom. The molecule has 6 rings (SSSR count). The van der Waals surface area contributed by atoms with Gasteiger partial charge in [-0.15, -0.1) is 0 Å². The van der Waals surface area contributed by atoms with Crippen LogP contribution < -0.4 is 10.6 Å². The van der Waals surface area contributed by atoms with Crippen molar-refractivity contribution < 1.29 is 14.0 Å². The molecule has 178 valence electrons. The van der Waals surface area contributed by atoms with Crippen molar-refractivity contribution in [1.29, 1.82) is 0 Å². The van der Waals surface area contributed by atoms with Crippen molar-refractivity contribution in [2.75, 3.05) is 6.54 Å². The Balaban J connectivity index is 1.30. The maximum atomic E-state index is 13.4. The average molecular weight is 550 g/mol. The summed E-state index contributed by atoms with van der Waals surface area (Å²) in [6.45, 7) is 0.706. The first-order chi connectivity index (χ1) is 16.3. The first-order valence-electron chi connectivity index (χ1n) is 11.2. The van der Waals surface area contributed by atoms with Crippen LogP contribution in [-0.4, -0.2) is 42.3 Å². The summed E-state index contributed by atoms with van der Waals surface area (Å²) in [5.41, 5.74) is 0.982. The fraction of sp³-hybridized carbons (Fsp3) is 0.435. The Morgan fingerprint density at radius 3 is 2.53 bits per heavy atom. The summed E-state index contributed by atoms with van der Waals surface area (Å²) in [5, 5.41) is 9.85. The zero-order chi connectivity index (χ0) is 23.9. The van der Waals surface area contributed by atoms with Crippen molar-refractivity contribution in [2.45, 2.75) is 49.4 Å². The molecule has 8 nitrogen and oxygen atoms in total. The number of hydrogen-bond donors (Lipinski definition) is 2. The van der Waals surface area contributed by atoms with Crippen molar-refractivity contribution in [3.05, 3.63) is 58.4 Å². The lowest BCUT2D eigenvalue weighted by Gasteiger charge is -2.51. The van der Waals surface area contributed by atoms with Crippen LogP contribution in [-0.2, 0) is 6.54 Å². The number of amides is 2. The van der Waals surface area contributed by atoms with Gasteiger partial charge in [0.05, 0.1) is 5.02 Å². The van der Waals surface area contributed by atoms with E-state index in [2.05, 4.69) is 41.6 Å². The van der Waals surface area contributed by atoms with Gasteiger partial charge < -0.3 is 10.6 Å². The Kier molecular flexibility index (Phi) is 6.05. The molecule has 3 aliphatic carbocycles. The molecule has 1 aromatic carbocycles. The van der Waals surface area contributed by atoms with E-state index < -0.39 is 11.7 Å². The van der Waals surface area contributed by atoms with Gasteiger partial charge in [0.1, 0.15) is 23.5 Å². The number of nitrogens with zero attached hydrogens (tertiary/aromatic N) is 4. The van der Waals surface area contributed by atoms with Crippen LogP contribution in [0.25, 0.3) is 5.78 Å². The lowest BCUT2D eigenvalue weighted by Crippen LogP contribution is -2.48. The van der Waals surface area contributed by atoms with Gasteiger partial charge in [-0.1, -0.05) is 33.6 Å². The molecule has 0 spiro atoms. The summed E-state index contributed by atoms with van der Waals surface area (Å²) in [7, 11) is 0. The normalized spacial score (nSPS) is 23.7. The van der Waals surface area contributed by atoms with Crippen LogP contribution in [0.4, 0.5) is 4.39 Å². The SMILES string of the molecule is O=C(NCc1ccc(F)c(Cl)c1)c1cc(C(=O)NCC23CCC(Br)(CC2)CC3)n2ncnc2n1. The second kappa shape index (κ2) is 8.88. The summed E-state index contributed by atoms with van der Waals surface area (Å²) in [6.07, 6.45) is 7.88. The Labute approximate surface area is 208 Å². The Hall–Kier alpha value is -2.59. The minimum atomic E-state index is -0.529. The summed E-state index contributed by atoms with van der Waals surface area (Å²) >= 11 is 9.68. The molecule has 2 heterocycles. The Bertz CT molecular complexity index is 1260. The number of alkyl halides is 1. The van der Waals surface area contributed by atoms with Crippen LogP contribution in [0.1, 0.15) is 65.1 Å². The van der Waals surface area contributed by atoms with E-state index in [9.17, 15) is 14.0 Å². The first kappa shape index (κ1) is 23.2. The molecule has 0 aliphatic heterocycles. The maximum Gasteiger partial charge on any atom is 0.270 e. The quantitative estimate of drug-likeness (QED) is 0.452. The zero-order valence-electron chi connectivity index (χ0n) is 18.3. The first-order valence-corrected chi connectivity index (χ1v) is 12.3. The van der Waals surface area contributed by atoms with Gasteiger partial charge in [-0.25, -0.2) is 9.37 Å². The fourth-order valence-electron chi connectivity index (χ4n) is 4.85. The number of nitrogens with one attached hydrogen (secondary N) is 2. The highest BCUT2D eigenvalue weighted by molar-refractivity contribution is 9.10. The van der Waals surface area contributed by atoms with E-state index in [1.165, 1.54) is 35.1 Å². The van der Waals surface area contributed by atoms with Crippen LogP contribution in [0.3, 0.4) is 0 Å². The molecule has 0 radical (unpaired) electrons. The van der Waals surface area contributed by atoms with Crippen LogP contribution in [0.5, 0.6) is 0 Å². The number of aromatic nitrogens is 4. The number of fused-ring (bicyclic) bond motifs is 4. The summed E-state index contributed by atoms with van der Waals surface area (Å²) in [6, 6.07) is 5.63. The van der Waals surface area contributed by atoms with Crippen LogP contribution in [0.2, 0.25) is 5.02 Å². The largest absolute Gasteiger partial charge is 0.350 e. The number of carbonyl (C=O) groups is 2. The predicted molar refractivity (Wildman–Crippen MR) is 127 cm³/mol. The molecule has 0 unspecified atom stereocenters. The highest BCUT2D eigenvalue weighted by Crippen LogP contribution is 2.55. The third-order valence-corrected chi connectivity index (χ3v) is 8.57. The molecule has 2 amide bonds. The number of hydrogen-bond acceptors (Lipinski definition) is 5. The second-order valence-corrected chi connectivity index (χ2v) is 11.4. The van der Waals surface area contributed by atoms with Gasteiger partial charge in [-0.05, 0) is 61.6 Å². The highest BCUT2D eigenvalue weighted by Gasteiger charge is 2.47. The van der Waals surface area contributed by atoms with Gasteiger partial charge in [0.25, 0.3) is 17.6 Å². The van der Waals surface area contributed by atoms with Gasteiger partial charge in [0.2, 0.25) is 0 Å². The van der Waals surface area contributed by atoms with Gasteiger partial charge in [0, 0.05) is 23.5 Å². The van der Waals surface area contributed by atoms with Crippen molar-refractivity contribution in [3.8, 4) is 0 Å². The van der Waals surface area contributed by atoms with E-state index >= 15 is 0 Å². The topological polar surface area (TPSA) is 101 Å². The van der Waals surface area contributed by atoms with Crippen molar-refractivity contribution >= 4 is 45.1 Å². The third-order valence-electron chi connectivity index (χ3n) is 7.09. The molecule has 2 bridgehead atoms. The smallest absolute Gasteiger partial charge is 0.270 e. The molecule has 3 aliphatic rings. The lowest BCUT2D eigenvalue weighted by atomic mass is 9.60. The van der Waals surface area contributed by atoms with E-state index in [1.807, 2.05) is 0 Å². The zero-order valence-corrected chi connectivity index (χ0v) is 20.6. The van der Waals surface area contributed by atoms with Crippen molar-refractivity contribution in [1.82, 2.24) is 30.2 Å². The van der Waals surface area contributed by atoms with Gasteiger partial charge in [0.15, 0.2) is 0 Å². The summed E-state index contributed by atoms with van der Waals surface area (Å²) in [4.78, 5) is 34.2. The molecule has 0 atom stereocenters. The standard InChI is InChI=1S/C23H23BrClFN6O2/c24-23-6-3-22(4-7-23,5-8-23)12-28-20(34)18-10-17(31-21-29-13-30-32(18)21)19(33)27-11-14-1-2-16(26)15(25)9-14/h1-2,9-10,13H,3-8,11-12H2,(H,27,33)(H,28,34). The molecule has 0 saturated heterocycles. The monoisotopic (exact) mass is 548 g/mol. The molecule has 3 fully saturated rings. The predicted octanol–water partition coefficient (Wildman–Crippen LogP) is 4.06. The summed E-state index contributed by atoms with van der Waals surface area (Å²) in [5.74, 6) is -1.20. The molecule has 11 heteroatoms. The highest BCUT2D eigenvalue weighted by atomic mass is 79.9. The number of benzene rings is 1. The van der Waals surface area contributed by atoms with Crippen LogP contribution >= 0.6 is 27.5 Å². The van der Waals surface area contributed by atoms with E-state index in [0.717, 1.165) is 38.5 Å². The lowest BCUT2D eigenvalue weighted by molar-refractivity contribution is 0.0727. The van der Waals surface area contributed by atoms with Gasteiger partial charge in [-0.3, -0.25) is 9.59 Å². The van der Waals surface area contributed by atoms with E-state index in [4.69, 9.17) is 11.6 Å². The molecular weight excluding hydrogens is 527 g/mol. The van der Waals surface area contributed by atoms with E-state index in [-0.39, 0.29) is 44.4 Å². The molecule has 3 saturated carbocycles. The van der Waals surface area contributed by atoms with Crippen molar-refractivity contribution in [3.63, 3.8) is 0 Å². The molecule has 3 aromatic rings. The summed E-state index contributed by atoms with van der Waals surface area (Å²) < 4.78 is 15.0. The molecule has 2 aromatic heterocycles. The Morgan fingerprint density at radius 2 is 1.82 bits per heavy atom. The molecule has 34 heavy (non-hydrogen) atoms. The third kappa shape index (κ3) is 4.53. The van der Waals surface area contributed by atoms with Crippen LogP contribution in [0.15, 0.2) is 30.6 Å². The van der Waals surface area contributed by atoms with Gasteiger partial charge >= 0.3 is 0 Å². The minimum Gasteiger partial charge on any atom is -0.350 e. The van der Waals surface area contributed by atoms with Gasteiger partial charge in [-0.2, -0.15) is 14.6 Å². The van der Waals surface area contributed by atoms with E-state index in [0.29, 0.717) is 12.1 Å². The van der Waals surface area contributed by atoms with E-state index in [1.54, 1.807) is 0 Å². The van der Waals surface area contributed by atoms with Crippen molar-refractivity contribution in [2.24, 2.45) is 5.41 Å². The second-order valence-electron chi connectivity index (χ2n) is 9.26. The average Bonchev–Trinajstić information content (AvgIpc) is 3.32. The number of rotatable bonds is 6. The minimum absolute atomic E-state index is 0.0223. The number of carbonyl (C=O) groups excluding carboxylic acids is 2. The number of halogens is 3. The fourth-order valence-corrected chi connectivity index (χ4v) is 5.65. The maximum absolute atomic E-state index is 13.4.